The van der Waals surface area contributed by atoms with Crippen LogP contribution in [0.15, 0.2) is 17.3 Å². The summed E-state index contributed by atoms with van der Waals surface area (Å²) < 4.78 is 28.1. The predicted octanol–water partition coefficient (Wildman–Crippen LogP) is 0.323. The van der Waals surface area contributed by atoms with Crippen molar-refractivity contribution in [2.45, 2.75) is 43.7 Å². The van der Waals surface area contributed by atoms with Gasteiger partial charge in [0.1, 0.15) is 4.90 Å². The molecule has 102 valence electrons. The molecule has 0 aromatic carbocycles. The molecular formula is C11H20N4O2S. The van der Waals surface area contributed by atoms with E-state index in [-0.39, 0.29) is 10.9 Å². The van der Waals surface area contributed by atoms with Crippen molar-refractivity contribution in [3.05, 3.63) is 12.4 Å². The first kappa shape index (κ1) is 13.5. The summed E-state index contributed by atoms with van der Waals surface area (Å²) in [4.78, 5) is 0.255. The fourth-order valence-electron chi connectivity index (χ4n) is 1.59. The molecule has 7 heteroatoms. The van der Waals surface area contributed by atoms with Crippen LogP contribution in [-0.2, 0) is 16.6 Å². The SMILES string of the molecule is CCCNCCn1cc(S(=O)(=O)NC2CC2)cn1. The molecule has 0 radical (unpaired) electrons. The van der Waals surface area contributed by atoms with E-state index in [0.717, 1.165) is 32.4 Å². The van der Waals surface area contributed by atoms with E-state index in [1.807, 2.05) is 0 Å². The Morgan fingerprint density at radius 3 is 2.89 bits per heavy atom. The number of nitrogens with one attached hydrogen (secondary N) is 2. The second-order valence-corrected chi connectivity index (χ2v) is 6.30. The smallest absolute Gasteiger partial charge is 0.243 e. The van der Waals surface area contributed by atoms with Crippen LogP contribution in [0.2, 0.25) is 0 Å². The Labute approximate surface area is 108 Å². The molecule has 6 nitrogen and oxygen atoms in total. The summed E-state index contributed by atoms with van der Waals surface area (Å²) in [5, 5.41) is 7.31. The van der Waals surface area contributed by atoms with Gasteiger partial charge in [0.2, 0.25) is 10.0 Å². The van der Waals surface area contributed by atoms with E-state index in [0.29, 0.717) is 6.54 Å². The van der Waals surface area contributed by atoms with Crippen LogP contribution in [0, 0.1) is 0 Å². The third kappa shape index (κ3) is 3.79. The van der Waals surface area contributed by atoms with Crippen molar-refractivity contribution in [2.24, 2.45) is 0 Å². The molecule has 0 bridgehead atoms. The van der Waals surface area contributed by atoms with Gasteiger partial charge < -0.3 is 5.32 Å². The minimum Gasteiger partial charge on any atom is -0.315 e. The highest BCUT2D eigenvalue weighted by atomic mass is 32.2. The molecule has 0 aliphatic heterocycles. The molecule has 0 spiro atoms. The Balaban J connectivity index is 1.88. The molecule has 18 heavy (non-hydrogen) atoms. The van der Waals surface area contributed by atoms with Crippen LogP contribution < -0.4 is 10.0 Å². The maximum atomic E-state index is 11.9. The quantitative estimate of drug-likeness (QED) is 0.668. The lowest BCUT2D eigenvalue weighted by molar-refractivity contribution is 0.552. The first-order valence-electron chi connectivity index (χ1n) is 6.37. The van der Waals surface area contributed by atoms with E-state index in [4.69, 9.17) is 0 Å². The highest BCUT2D eigenvalue weighted by molar-refractivity contribution is 7.89. The highest BCUT2D eigenvalue weighted by Crippen LogP contribution is 2.21. The highest BCUT2D eigenvalue weighted by Gasteiger charge is 2.28. The zero-order chi connectivity index (χ0) is 13.0. The van der Waals surface area contributed by atoms with Gasteiger partial charge in [0.25, 0.3) is 0 Å². The van der Waals surface area contributed by atoms with Gasteiger partial charge in [0, 0.05) is 18.8 Å². The topological polar surface area (TPSA) is 76.0 Å². The summed E-state index contributed by atoms with van der Waals surface area (Å²) in [7, 11) is -3.37. The average molecular weight is 272 g/mol. The molecule has 2 N–H and O–H groups in total. The van der Waals surface area contributed by atoms with Crippen molar-refractivity contribution in [2.75, 3.05) is 13.1 Å². The van der Waals surface area contributed by atoms with Crippen molar-refractivity contribution in [1.29, 1.82) is 0 Å². The summed E-state index contributed by atoms with van der Waals surface area (Å²) in [6.45, 7) is 4.55. The minimum atomic E-state index is -3.37. The van der Waals surface area contributed by atoms with Gasteiger partial charge >= 0.3 is 0 Å². The van der Waals surface area contributed by atoms with Crippen molar-refractivity contribution < 1.29 is 8.42 Å². The Bertz CT molecular complexity index is 479. The van der Waals surface area contributed by atoms with Gasteiger partial charge in [0.15, 0.2) is 0 Å². The van der Waals surface area contributed by atoms with Gasteiger partial charge in [-0.15, -0.1) is 0 Å². The summed E-state index contributed by atoms with van der Waals surface area (Å²) in [6, 6.07) is 0.129. The van der Waals surface area contributed by atoms with Crippen LogP contribution in [0.1, 0.15) is 26.2 Å². The molecule has 2 rings (SSSR count). The number of rotatable bonds is 8. The van der Waals surface area contributed by atoms with E-state index >= 15 is 0 Å². The molecule has 1 aliphatic carbocycles. The van der Waals surface area contributed by atoms with E-state index in [1.165, 1.54) is 6.20 Å². The van der Waals surface area contributed by atoms with Crippen LogP contribution in [0.5, 0.6) is 0 Å². The van der Waals surface area contributed by atoms with Crippen LogP contribution in [-0.4, -0.2) is 37.3 Å². The second-order valence-electron chi connectivity index (χ2n) is 4.58. The molecule has 0 unspecified atom stereocenters. The number of nitrogens with zero attached hydrogens (tertiary/aromatic N) is 2. The average Bonchev–Trinajstić information content (AvgIpc) is 2.98. The molecule has 0 atom stereocenters. The van der Waals surface area contributed by atoms with Crippen molar-refractivity contribution in [3.8, 4) is 0 Å². The molecule has 0 amide bonds. The Morgan fingerprint density at radius 1 is 1.44 bits per heavy atom. The lowest BCUT2D eigenvalue weighted by atomic mass is 10.5. The number of hydrogen-bond acceptors (Lipinski definition) is 4. The molecule has 1 heterocycles. The summed E-state index contributed by atoms with van der Waals surface area (Å²) >= 11 is 0. The Hall–Kier alpha value is -0.920. The third-order valence-electron chi connectivity index (χ3n) is 2.76. The van der Waals surface area contributed by atoms with Crippen LogP contribution in [0.25, 0.3) is 0 Å². The van der Waals surface area contributed by atoms with Crippen LogP contribution in [0.4, 0.5) is 0 Å². The fourth-order valence-corrected chi connectivity index (χ4v) is 2.85. The van der Waals surface area contributed by atoms with Crippen molar-refractivity contribution >= 4 is 10.0 Å². The normalized spacial score (nSPS) is 16.1. The fraction of sp³-hybridized carbons (Fsp3) is 0.727. The monoisotopic (exact) mass is 272 g/mol. The first-order chi connectivity index (χ1) is 8.62. The van der Waals surface area contributed by atoms with Crippen molar-refractivity contribution in [3.63, 3.8) is 0 Å². The van der Waals surface area contributed by atoms with Gasteiger partial charge in [-0.05, 0) is 25.8 Å². The zero-order valence-electron chi connectivity index (χ0n) is 10.6. The Morgan fingerprint density at radius 2 is 2.22 bits per heavy atom. The van der Waals surface area contributed by atoms with E-state index in [2.05, 4.69) is 22.1 Å². The molecule has 1 saturated carbocycles. The molecular weight excluding hydrogens is 252 g/mol. The molecule has 1 aliphatic rings. The van der Waals surface area contributed by atoms with Gasteiger partial charge in [-0.25, -0.2) is 13.1 Å². The maximum Gasteiger partial charge on any atom is 0.243 e. The lowest BCUT2D eigenvalue weighted by Crippen LogP contribution is -2.25. The van der Waals surface area contributed by atoms with Gasteiger partial charge in [-0.2, -0.15) is 5.10 Å². The van der Waals surface area contributed by atoms with E-state index < -0.39 is 10.0 Å². The largest absolute Gasteiger partial charge is 0.315 e. The molecule has 1 aromatic rings. The number of aromatic nitrogens is 2. The van der Waals surface area contributed by atoms with Gasteiger partial charge in [-0.1, -0.05) is 6.92 Å². The third-order valence-corrected chi connectivity index (χ3v) is 4.24. The molecule has 1 fully saturated rings. The first-order valence-corrected chi connectivity index (χ1v) is 7.85. The summed E-state index contributed by atoms with van der Waals surface area (Å²) in [5.74, 6) is 0. The second kappa shape index (κ2) is 5.81. The molecule has 0 saturated heterocycles. The van der Waals surface area contributed by atoms with Crippen molar-refractivity contribution in [1.82, 2.24) is 19.8 Å². The predicted molar refractivity (Wildman–Crippen MR) is 68.7 cm³/mol. The molecule has 1 aromatic heterocycles. The van der Waals surface area contributed by atoms with E-state index in [1.54, 1.807) is 10.9 Å². The summed E-state index contributed by atoms with van der Waals surface area (Å²) in [6.07, 6.45) is 5.95. The standard InChI is InChI=1S/C11H20N4O2S/c1-2-5-12-6-7-15-9-11(8-13-15)18(16,17)14-10-3-4-10/h8-10,12,14H,2-7H2,1H3. The van der Waals surface area contributed by atoms with Crippen LogP contribution in [0.3, 0.4) is 0 Å². The Kier molecular flexibility index (Phi) is 4.36. The maximum absolute atomic E-state index is 11.9. The number of sulfonamides is 1. The lowest BCUT2D eigenvalue weighted by Gasteiger charge is -2.03. The minimum absolute atomic E-state index is 0.129. The number of hydrogen-bond donors (Lipinski definition) is 2. The van der Waals surface area contributed by atoms with E-state index in [9.17, 15) is 8.42 Å². The van der Waals surface area contributed by atoms with Gasteiger partial charge in [-0.3, -0.25) is 4.68 Å². The summed E-state index contributed by atoms with van der Waals surface area (Å²) in [5.41, 5.74) is 0. The van der Waals surface area contributed by atoms with Crippen LogP contribution >= 0.6 is 0 Å². The van der Waals surface area contributed by atoms with Gasteiger partial charge in [0.05, 0.1) is 12.7 Å². The zero-order valence-corrected chi connectivity index (χ0v) is 11.4.